The highest BCUT2D eigenvalue weighted by Crippen LogP contribution is 2.41. The fourth-order valence-electron chi connectivity index (χ4n) is 2.18. The lowest BCUT2D eigenvalue weighted by molar-refractivity contribution is -0.0568. The number of piperidine rings is 1. The van der Waals surface area contributed by atoms with Crippen molar-refractivity contribution in [1.29, 1.82) is 0 Å². The zero-order valence-electron chi connectivity index (χ0n) is 9.66. The summed E-state index contributed by atoms with van der Waals surface area (Å²) < 4.78 is 26.0. The number of likely N-dealkylation sites (tertiary alicyclic amines) is 1. The van der Waals surface area contributed by atoms with Gasteiger partial charge < -0.3 is 0 Å². The summed E-state index contributed by atoms with van der Waals surface area (Å²) in [6, 6.07) is 0. The van der Waals surface area contributed by atoms with Crippen LogP contribution in [0.3, 0.4) is 0 Å². The lowest BCUT2D eigenvalue weighted by atomic mass is 10.1. The molecule has 1 aromatic rings. The maximum Gasteiger partial charge on any atom is 0.250 e. The summed E-state index contributed by atoms with van der Waals surface area (Å²) in [6.45, 7) is 1.71. The predicted octanol–water partition coefficient (Wildman–Crippen LogP) is 3.25. The summed E-state index contributed by atoms with van der Waals surface area (Å²) >= 11 is 1.72. The van der Waals surface area contributed by atoms with Gasteiger partial charge in [0.15, 0.2) is 0 Å². The number of alkyl halides is 2. The molecule has 1 saturated heterocycles. The Hall–Kier alpha value is -0.550. The molecule has 0 unspecified atom stereocenters. The van der Waals surface area contributed by atoms with Crippen molar-refractivity contribution < 1.29 is 8.78 Å². The largest absolute Gasteiger partial charge is 0.297 e. The van der Waals surface area contributed by atoms with Crippen molar-refractivity contribution in [3.8, 4) is 0 Å². The predicted molar refractivity (Wildman–Crippen MR) is 63.5 cm³/mol. The van der Waals surface area contributed by atoms with Gasteiger partial charge in [-0.1, -0.05) is 0 Å². The SMILES string of the molecule is FC1(F)CCN(Cc2csc(C3CC3)n2)CC1. The molecule has 0 amide bonds. The molecule has 5 heteroatoms. The van der Waals surface area contributed by atoms with Crippen LogP contribution < -0.4 is 0 Å². The van der Waals surface area contributed by atoms with Gasteiger partial charge in [-0.15, -0.1) is 11.3 Å². The molecule has 2 nitrogen and oxygen atoms in total. The molecule has 0 aromatic carbocycles. The molecule has 0 bridgehead atoms. The molecule has 0 radical (unpaired) electrons. The summed E-state index contributed by atoms with van der Waals surface area (Å²) in [7, 11) is 0. The zero-order chi connectivity index (χ0) is 11.9. The highest BCUT2D eigenvalue weighted by Gasteiger charge is 2.34. The van der Waals surface area contributed by atoms with Crippen LogP contribution in [0.2, 0.25) is 0 Å². The van der Waals surface area contributed by atoms with Crippen molar-refractivity contribution in [3.63, 3.8) is 0 Å². The smallest absolute Gasteiger partial charge is 0.250 e. The third-order valence-corrected chi connectivity index (χ3v) is 4.53. The van der Waals surface area contributed by atoms with Gasteiger partial charge in [0.25, 0.3) is 5.92 Å². The van der Waals surface area contributed by atoms with Crippen molar-refractivity contribution in [2.24, 2.45) is 0 Å². The fourth-order valence-corrected chi connectivity index (χ4v) is 3.16. The molecule has 1 aliphatic carbocycles. The first-order chi connectivity index (χ1) is 8.12. The molecule has 3 rings (SSSR count). The van der Waals surface area contributed by atoms with Gasteiger partial charge in [0.05, 0.1) is 10.7 Å². The topological polar surface area (TPSA) is 16.1 Å². The van der Waals surface area contributed by atoms with Gasteiger partial charge in [-0.05, 0) is 12.8 Å². The van der Waals surface area contributed by atoms with Crippen LogP contribution >= 0.6 is 11.3 Å². The first-order valence-corrected chi connectivity index (χ1v) is 7.05. The second-order valence-electron chi connectivity index (χ2n) is 5.08. The van der Waals surface area contributed by atoms with Crippen LogP contribution in [0.1, 0.15) is 42.3 Å². The van der Waals surface area contributed by atoms with Crippen molar-refractivity contribution in [3.05, 3.63) is 16.1 Å². The summed E-state index contributed by atoms with van der Waals surface area (Å²) in [5, 5.41) is 3.32. The zero-order valence-corrected chi connectivity index (χ0v) is 10.5. The minimum absolute atomic E-state index is 0.00732. The number of hydrogen-bond donors (Lipinski definition) is 0. The van der Waals surface area contributed by atoms with Gasteiger partial charge in [-0.2, -0.15) is 0 Å². The maximum atomic E-state index is 13.0. The molecular formula is C12H16F2N2S. The standard InChI is InChI=1S/C12H16F2N2S/c13-12(14)3-5-16(6-4-12)7-10-8-17-11(15-10)9-1-2-9/h8-9H,1-7H2. The molecule has 1 aromatic heterocycles. The molecule has 2 heterocycles. The van der Waals surface area contributed by atoms with Crippen molar-refractivity contribution >= 4 is 11.3 Å². The minimum Gasteiger partial charge on any atom is -0.297 e. The molecular weight excluding hydrogens is 242 g/mol. The Labute approximate surface area is 104 Å². The van der Waals surface area contributed by atoms with Gasteiger partial charge in [-0.25, -0.2) is 13.8 Å². The number of nitrogens with zero attached hydrogens (tertiary/aromatic N) is 2. The number of halogens is 2. The Balaban J connectivity index is 1.55. The highest BCUT2D eigenvalue weighted by atomic mass is 32.1. The Morgan fingerprint density at radius 2 is 2.06 bits per heavy atom. The highest BCUT2D eigenvalue weighted by molar-refractivity contribution is 7.09. The number of thiazole rings is 1. The van der Waals surface area contributed by atoms with E-state index < -0.39 is 5.92 Å². The fraction of sp³-hybridized carbons (Fsp3) is 0.750. The third-order valence-electron chi connectivity index (χ3n) is 3.47. The molecule has 1 aliphatic heterocycles. The first-order valence-electron chi connectivity index (χ1n) is 6.17. The average molecular weight is 258 g/mol. The van der Waals surface area contributed by atoms with E-state index in [-0.39, 0.29) is 12.8 Å². The number of hydrogen-bond acceptors (Lipinski definition) is 3. The Morgan fingerprint density at radius 1 is 1.35 bits per heavy atom. The van der Waals surface area contributed by atoms with Gasteiger partial charge in [0.1, 0.15) is 0 Å². The molecule has 2 fully saturated rings. The molecule has 0 N–H and O–H groups in total. The van der Waals surface area contributed by atoms with E-state index in [1.54, 1.807) is 11.3 Å². The Morgan fingerprint density at radius 3 is 2.71 bits per heavy atom. The van der Waals surface area contributed by atoms with E-state index >= 15 is 0 Å². The van der Waals surface area contributed by atoms with Crippen molar-refractivity contribution in [2.45, 2.75) is 44.1 Å². The van der Waals surface area contributed by atoms with E-state index in [2.05, 4.69) is 15.3 Å². The maximum absolute atomic E-state index is 13.0. The van der Waals surface area contributed by atoms with Crippen LogP contribution in [0.5, 0.6) is 0 Å². The van der Waals surface area contributed by atoms with E-state index in [1.807, 2.05) is 0 Å². The summed E-state index contributed by atoms with van der Waals surface area (Å²) in [6.07, 6.45) is 2.52. The van der Waals surface area contributed by atoms with Crippen molar-refractivity contribution in [1.82, 2.24) is 9.88 Å². The first kappa shape index (κ1) is 11.5. The molecule has 2 aliphatic rings. The molecule has 0 atom stereocenters. The van der Waals surface area contributed by atoms with Crippen molar-refractivity contribution in [2.75, 3.05) is 13.1 Å². The van der Waals surface area contributed by atoms with Gasteiger partial charge >= 0.3 is 0 Å². The monoisotopic (exact) mass is 258 g/mol. The average Bonchev–Trinajstić information content (AvgIpc) is 3.03. The lowest BCUT2D eigenvalue weighted by Crippen LogP contribution is -2.38. The van der Waals surface area contributed by atoms with Crippen LogP contribution in [-0.4, -0.2) is 28.9 Å². The lowest BCUT2D eigenvalue weighted by Gasteiger charge is -2.31. The molecule has 1 saturated carbocycles. The quantitative estimate of drug-likeness (QED) is 0.827. The van der Waals surface area contributed by atoms with E-state index in [0.29, 0.717) is 19.0 Å². The van der Waals surface area contributed by atoms with Crippen LogP contribution in [0.4, 0.5) is 8.78 Å². The second kappa shape index (κ2) is 4.28. The summed E-state index contributed by atoms with van der Waals surface area (Å²) in [5.41, 5.74) is 1.06. The van der Waals surface area contributed by atoms with E-state index in [1.165, 1.54) is 17.8 Å². The Kier molecular flexibility index (Phi) is 2.91. The van der Waals surface area contributed by atoms with Crippen LogP contribution in [0.15, 0.2) is 5.38 Å². The van der Waals surface area contributed by atoms with Gasteiger partial charge in [0, 0.05) is 43.8 Å². The molecule has 17 heavy (non-hydrogen) atoms. The summed E-state index contributed by atoms with van der Waals surface area (Å²) in [4.78, 5) is 6.68. The molecule has 94 valence electrons. The van der Waals surface area contributed by atoms with Gasteiger partial charge in [-0.3, -0.25) is 4.90 Å². The van der Waals surface area contributed by atoms with E-state index in [0.717, 1.165) is 12.2 Å². The van der Waals surface area contributed by atoms with E-state index in [9.17, 15) is 8.78 Å². The third kappa shape index (κ3) is 2.83. The van der Waals surface area contributed by atoms with Crippen LogP contribution in [0.25, 0.3) is 0 Å². The normalized spacial score (nSPS) is 25.1. The summed E-state index contributed by atoms with van der Waals surface area (Å²) in [5.74, 6) is -1.75. The number of rotatable bonds is 3. The van der Waals surface area contributed by atoms with E-state index in [4.69, 9.17) is 0 Å². The minimum atomic E-state index is -2.45. The van der Waals surface area contributed by atoms with Gasteiger partial charge in [0.2, 0.25) is 0 Å². The van der Waals surface area contributed by atoms with Crippen LogP contribution in [-0.2, 0) is 6.54 Å². The van der Waals surface area contributed by atoms with Crippen LogP contribution in [0, 0.1) is 0 Å². The number of aromatic nitrogens is 1. The Bertz CT molecular complexity index is 391. The second-order valence-corrected chi connectivity index (χ2v) is 5.97. The molecule has 0 spiro atoms.